The van der Waals surface area contributed by atoms with Crippen molar-refractivity contribution in [3.63, 3.8) is 0 Å². The Balaban J connectivity index is 0.00000226. The Labute approximate surface area is 304 Å². The predicted molar refractivity (Wildman–Crippen MR) is 203 cm³/mol. The summed E-state index contributed by atoms with van der Waals surface area (Å²) in [5, 5.41) is 10.3. The van der Waals surface area contributed by atoms with Crippen molar-refractivity contribution in [1.29, 1.82) is 0 Å². The maximum Gasteiger partial charge on any atom is 0.290 e. The number of carboxylic acid groups (broad SMARTS) is 1. The van der Waals surface area contributed by atoms with Crippen LogP contribution in [0.1, 0.15) is 55.3 Å². The average Bonchev–Trinajstić information content (AvgIpc) is 3.16. The molecule has 3 aromatic rings. The molecule has 1 unspecified atom stereocenters. The summed E-state index contributed by atoms with van der Waals surface area (Å²) in [7, 11) is 2.26. The van der Waals surface area contributed by atoms with Crippen LogP contribution in [0.5, 0.6) is 5.75 Å². The highest BCUT2D eigenvalue weighted by Gasteiger charge is 2.14. The van der Waals surface area contributed by atoms with Gasteiger partial charge >= 0.3 is 0 Å². The van der Waals surface area contributed by atoms with Crippen molar-refractivity contribution in [2.75, 3.05) is 98.0 Å². The number of benzene rings is 2. The first kappa shape index (κ1) is 41.8. The van der Waals surface area contributed by atoms with E-state index in [0.717, 1.165) is 56.9 Å². The van der Waals surface area contributed by atoms with E-state index in [9.17, 15) is 0 Å². The van der Waals surface area contributed by atoms with Crippen LogP contribution in [-0.4, -0.2) is 114 Å². The third kappa shape index (κ3) is 17.0. The summed E-state index contributed by atoms with van der Waals surface area (Å²) in [6.07, 6.45) is 6.84. The molecule has 1 aliphatic rings. The Morgan fingerprint density at radius 3 is 2.22 bits per heavy atom. The highest BCUT2D eigenvalue weighted by atomic mass is 16.6. The van der Waals surface area contributed by atoms with E-state index >= 15 is 0 Å². The molecule has 0 fully saturated rings. The number of pyridine rings is 1. The normalized spacial score (nSPS) is 12.8. The first-order chi connectivity index (χ1) is 25.1. The van der Waals surface area contributed by atoms with Crippen molar-refractivity contribution in [2.45, 2.75) is 51.4 Å². The molecule has 0 saturated carbocycles. The zero-order valence-electron chi connectivity index (χ0n) is 30.7. The number of nitrogens with two attached hydrogens (primary N) is 1. The van der Waals surface area contributed by atoms with Gasteiger partial charge in [0, 0.05) is 25.3 Å². The van der Waals surface area contributed by atoms with Gasteiger partial charge in [0.1, 0.15) is 18.2 Å². The lowest BCUT2D eigenvalue weighted by Gasteiger charge is -2.24. The van der Waals surface area contributed by atoms with Crippen molar-refractivity contribution < 1.29 is 33.6 Å². The molecular weight excluding hydrogens is 648 g/mol. The van der Waals surface area contributed by atoms with Crippen LogP contribution in [0.25, 0.3) is 11.1 Å². The van der Waals surface area contributed by atoms with Crippen molar-refractivity contribution in [2.24, 2.45) is 5.73 Å². The number of ether oxygens (including phenoxy) is 5. The van der Waals surface area contributed by atoms with Crippen LogP contribution in [0.3, 0.4) is 0 Å². The van der Waals surface area contributed by atoms with Crippen LogP contribution in [0, 0.1) is 0 Å². The zero-order chi connectivity index (χ0) is 36.4. The second-order valence-electron chi connectivity index (χ2n) is 12.5. The van der Waals surface area contributed by atoms with E-state index in [1.54, 1.807) is 0 Å². The lowest BCUT2D eigenvalue weighted by molar-refractivity contribution is -0.122. The van der Waals surface area contributed by atoms with E-state index in [1.807, 2.05) is 12.1 Å². The van der Waals surface area contributed by atoms with E-state index in [-0.39, 0.29) is 6.47 Å². The molecule has 2 aromatic carbocycles. The first-order valence-electron chi connectivity index (χ1n) is 18.4. The molecule has 282 valence electrons. The lowest BCUT2D eigenvalue weighted by atomic mass is 9.92. The Morgan fingerprint density at radius 2 is 1.55 bits per heavy atom. The number of nitrogens with one attached hydrogen (secondary N) is 1. The van der Waals surface area contributed by atoms with Gasteiger partial charge in [-0.25, -0.2) is 4.98 Å². The smallest absolute Gasteiger partial charge is 0.290 e. The molecule has 0 aliphatic carbocycles. The van der Waals surface area contributed by atoms with Gasteiger partial charge in [0.05, 0.1) is 52.9 Å². The highest BCUT2D eigenvalue weighted by Crippen LogP contribution is 2.28. The number of unbranched alkanes of at least 4 members (excludes halogenated alkanes) is 1. The summed E-state index contributed by atoms with van der Waals surface area (Å²) in [5.74, 6) is 2.44. The van der Waals surface area contributed by atoms with Crippen molar-refractivity contribution >= 4 is 12.3 Å². The average molecular weight is 709 g/mol. The van der Waals surface area contributed by atoms with Crippen LogP contribution in [0.4, 0.5) is 5.82 Å². The van der Waals surface area contributed by atoms with Gasteiger partial charge in [-0.1, -0.05) is 49.4 Å². The van der Waals surface area contributed by atoms with Crippen LogP contribution in [0.15, 0.2) is 60.7 Å². The fraction of sp³-hybridized carbons (Fsp3) is 0.550. The van der Waals surface area contributed by atoms with Crippen LogP contribution >= 0.6 is 0 Å². The topological polar surface area (TPSA) is 138 Å². The lowest BCUT2D eigenvalue weighted by Crippen LogP contribution is -2.25. The van der Waals surface area contributed by atoms with Crippen LogP contribution in [0.2, 0.25) is 0 Å². The van der Waals surface area contributed by atoms with E-state index in [0.29, 0.717) is 71.9 Å². The quantitative estimate of drug-likeness (QED) is 0.0743. The maximum atomic E-state index is 8.36. The summed E-state index contributed by atoms with van der Waals surface area (Å²) in [5.41, 5.74) is 11.8. The zero-order valence-corrected chi connectivity index (χ0v) is 30.7. The maximum absolute atomic E-state index is 8.36. The molecule has 2 heterocycles. The molecule has 1 atom stereocenters. The Kier molecular flexibility index (Phi) is 21.5. The fourth-order valence-corrected chi connectivity index (χ4v) is 5.91. The largest absolute Gasteiger partial charge is 0.491 e. The van der Waals surface area contributed by atoms with Gasteiger partial charge in [-0.3, -0.25) is 4.79 Å². The van der Waals surface area contributed by atoms with Crippen molar-refractivity contribution in [3.05, 3.63) is 77.5 Å². The summed E-state index contributed by atoms with van der Waals surface area (Å²) in [4.78, 5) is 15.7. The van der Waals surface area contributed by atoms with Gasteiger partial charge in [0.2, 0.25) is 0 Å². The molecule has 1 aromatic heterocycles. The number of likely N-dealkylation sites (N-methyl/N-ethyl adjacent to an activating group) is 1. The molecule has 0 bridgehead atoms. The van der Waals surface area contributed by atoms with E-state index in [1.165, 1.54) is 40.8 Å². The van der Waals surface area contributed by atoms with Gasteiger partial charge < -0.3 is 44.7 Å². The molecule has 1 aliphatic heterocycles. The molecule has 4 rings (SSSR count). The monoisotopic (exact) mass is 708 g/mol. The summed E-state index contributed by atoms with van der Waals surface area (Å²) < 4.78 is 27.7. The highest BCUT2D eigenvalue weighted by molar-refractivity contribution is 5.65. The van der Waals surface area contributed by atoms with E-state index in [4.69, 9.17) is 44.3 Å². The Bertz CT molecular complexity index is 1340. The standard InChI is InChI=1S/C39H58N4O5.CH2O2/c1-3-32(31-43(2)20-5-4-11-37-15-12-34-10-7-19-41-39(34)42-37)35-8-6-9-36(30-35)33-13-16-38(17-14-33)48-29-28-47-27-26-46-25-24-45-23-22-44-21-18-40;2-1-3/h6,8-9,12-17,30,32H,3-5,7,10-11,18-29,31,40H2,1-2H3,(H,41,42);1H,(H,2,3). The molecule has 11 nitrogen and oxygen atoms in total. The second-order valence-corrected chi connectivity index (χ2v) is 12.5. The number of hydrogen-bond donors (Lipinski definition) is 3. The fourth-order valence-electron chi connectivity index (χ4n) is 5.91. The van der Waals surface area contributed by atoms with Gasteiger partial charge in [-0.2, -0.15) is 0 Å². The first-order valence-corrected chi connectivity index (χ1v) is 18.4. The van der Waals surface area contributed by atoms with Crippen molar-refractivity contribution in [1.82, 2.24) is 9.88 Å². The van der Waals surface area contributed by atoms with Crippen LogP contribution in [-0.2, 0) is 36.6 Å². The number of rotatable bonds is 25. The summed E-state index contributed by atoms with van der Waals surface area (Å²) >= 11 is 0. The van der Waals surface area contributed by atoms with E-state index < -0.39 is 0 Å². The summed E-state index contributed by atoms with van der Waals surface area (Å²) in [6, 6.07) is 21.8. The van der Waals surface area contributed by atoms with Crippen molar-refractivity contribution in [3.8, 4) is 16.9 Å². The molecule has 0 saturated heterocycles. The number of nitrogens with zero attached hydrogens (tertiary/aromatic N) is 2. The number of aromatic nitrogens is 1. The van der Waals surface area contributed by atoms with E-state index in [2.05, 4.69) is 72.7 Å². The molecule has 11 heteroatoms. The molecule has 0 radical (unpaired) electrons. The van der Waals surface area contributed by atoms with Crippen LogP contribution < -0.4 is 15.8 Å². The number of carbonyl (C=O) groups is 1. The Hall–Kier alpha value is -3.58. The number of aryl methyl sites for hydroxylation is 2. The summed E-state index contributed by atoms with van der Waals surface area (Å²) in [6.45, 7) is 10.6. The predicted octanol–water partition coefficient (Wildman–Crippen LogP) is 5.66. The number of fused-ring (bicyclic) bond motifs is 1. The van der Waals surface area contributed by atoms with Gasteiger partial charge in [0.25, 0.3) is 6.47 Å². The third-order valence-electron chi connectivity index (χ3n) is 8.62. The second kappa shape index (κ2) is 26.2. The SMILES string of the molecule is CCC(CN(C)CCCCc1ccc2c(n1)NCCC2)c1cccc(-c2ccc(OCCOCCOCCOCCOCCN)cc2)c1.O=CO. The third-order valence-corrected chi connectivity index (χ3v) is 8.62. The van der Waals surface area contributed by atoms with Gasteiger partial charge in [-0.15, -0.1) is 0 Å². The van der Waals surface area contributed by atoms with Gasteiger partial charge in [0.15, 0.2) is 0 Å². The minimum atomic E-state index is -0.250. The molecular formula is C40H60N4O7. The number of hydrogen-bond acceptors (Lipinski definition) is 10. The molecule has 4 N–H and O–H groups in total. The molecule has 51 heavy (non-hydrogen) atoms. The Morgan fingerprint density at radius 1 is 0.882 bits per heavy atom. The molecule has 0 amide bonds. The minimum Gasteiger partial charge on any atom is -0.491 e. The minimum absolute atomic E-state index is 0.250. The molecule has 0 spiro atoms. The number of anilines is 1. The van der Waals surface area contributed by atoms with Gasteiger partial charge in [-0.05, 0) is 98.5 Å².